The van der Waals surface area contributed by atoms with Gasteiger partial charge in [0.2, 0.25) is 5.95 Å². The lowest BCUT2D eigenvalue weighted by Crippen LogP contribution is -2.43. The average Bonchev–Trinajstić information content (AvgIpc) is 3.06. The number of hydrogen-bond acceptors (Lipinski definition) is 4. The molecule has 1 aliphatic heterocycles. The number of aliphatic hydroxyl groups is 1. The topological polar surface area (TPSA) is 65.1 Å². The lowest BCUT2D eigenvalue weighted by atomic mass is 10.0. The van der Waals surface area contributed by atoms with Crippen LogP contribution in [0.25, 0.3) is 11.0 Å². The molecule has 1 aromatic heterocycles. The van der Waals surface area contributed by atoms with Crippen LogP contribution in [-0.2, 0) is 6.54 Å². The lowest BCUT2D eigenvalue weighted by molar-refractivity contribution is 0.238. The van der Waals surface area contributed by atoms with Gasteiger partial charge < -0.3 is 14.6 Å². The van der Waals surface area contributed by atoms with E-state index in [1.807, 2.05) is 42.5 Å². The maximum Gasteiger partial charge on any atom is 0.207 e. The minimum atomic E-state index is 0.102. The number of nitriles is 1. The smallest absolute Gasteiger partial charge is 0.207 e. The molecule has 1 N–H and O–H groups in total. The molecular formula is C21H22N4O. The van der Waals surface area contributed by atoms with Gasteiger partial charge >= 0.3 is 0 Å². The van der Waals surface area contributed by atoms with Gasteiger partial charge in [-0.3, -0.25) is 0 Å². The van der Waals surface area contributed by atoms with Crippen LogP contribution in [0, 0.1) is 11.3 Å². The van der Waals surface area contributed by atoms with Gasteiger partial charge in [0.05, 0.1) is 41.9 Å². The third kappa shape index (κ3) is 2.93. The Balaban J connectivity index is 1.83. The lowest BCUT2D eigenvalue weighted by Gasteiger charge is -2.35. The first-order valence-electron chi connectivity index (χ1n) is 9.12. The second kappa shape index (κ2) is 7.19. The fraction of sp³-hybridized carbons (Fsp3) is 0.333. The van der Waals surface area contributed by atoms with Gasteiger partial charge in [0.1, 0.15) is 0 Å². The first-order valence-corrected chi connectivity index (χ1v) is 9.12. The molecular weight excluding hydrogens is 324 g/mol. The van der Waals surface area contributed by atoms with E-state index in [9.17, 15) is 10.4 Å². The summed E-state index contributed by atoms with van der Waals surface area (Å²) in [4.78, 5) is 7.12. The summed E-state index contributed by atoms with van der Waals surface area (Å²) < 4.78 is 2.18. The molecule has 0 saturated carbocycles. The molecule has 0 amide bonds. The van der Waals surface area contributed by atoms with Gasteiger partial charge in [-0.25, -0.2) is 4.98 Å². The molecule has 2 aromatic carbocycles. The molecule has 1 saturated heterocycles. The minimum absolute atomic E-state index is 0.102. The molecule has 4 rings (SSSR count). The van der Waals surface area contributed by atoms with Crippen LogP contribution in [0.15, 0.2) is 48.5 Å². The van der Waals surface area contributed by atoms with Crippen molar-refractivity contribution in [3.63, 3.8) is 0 Å². The monoisotopic (exact) mass is 346 g/mol. The van der Waals surface area contributed by atoms with Crippen molar-refractivity contribution in [1.29, 1.82) is 5.26 Å². The van der Waals surface area contributed by atoms with E-state index in [0.29, 0.717) is 12.1 Å². The number of anilines is 1. The van der Waals surface area contributed by atoms with Crippen LogP contribution in [0.3, 0.4) is 0 Å². The van der Waals surface area contributed by atoms with Gasteiger partial charge in [0.15, 0.2) is 0 Å². The van der Waals surface area contributed by atoms with E-state index < -0.39 is 0 Å². The number of fused-ring (bicyclic) bond motifs is 1. The fourth-order valence-electron chi connectivity index (χ4n) is 3.83. The van der Waals surface area contributed by atoms with E-state index in [0.717, 1.165) is 48.4 Å². The van der Waals surface area contributed by atoms with Crippen molar-refractivity contribution in [3.05, 3.63) is 59.7 Å². The van der Waals surface area contributed by atoms with Gasteiger partial charge in [-0.2, -0.15) is 5.26 Å². The molecule has 3 aromatic rings. The molecule has 0 bridgehead atoms. The van der Waals surface area contributed by atoms with Crippen molar-refractivity contribution >= 4 is 17.0 Å². The summed E-state index contributed by atoms with van der Waals surface area (Å²) in [6, 6.07) is 18.2. The van der Waals surface area contributed by atoms with Gasteiger partial charge in [0.25, 0.3) is 0 Å². The number of aromatic nitrogens is 2. The second-order valence-corrected chi connectivity index (χ2v) is 6.78. The molecule has 0 radical (unpaired) electrons. The van der Waals surface area contributed by atoms with E-state index in [1.54, 1.807) is 0 Å². The zero-order valence-electron chi connectivity index (χ0n) is 14.7. The minimum Gasteiger partial charge on any atom is -0.394 e. The maximum absolute atomic E-state index is 9.84. The van der Waals surface area contributed by atoms with E-state index >= 15 is 0 Å². The number of benzene rings is 2. The van der Waals surface area contributed by atoms with Crippen LogP contribution in [0.1, 0.15) is 30.4 Å². The second-order valence-electron chi connectivity index (χ2n) is 6.78. The Hall–Kier alpha value is -2.84. The SMILES string of the molecule is N#Cc1ccccc1Cn1c(N2CCCC[C@@H]2CO)nc2ccccc21. The van der Waals surface area contributed by atoms with E-state index in [2.05, 4.69) is 21.6 Å². The third-order valence-corrected chi connectivity index (χ3v) is 5.20. The molecule has 0 aliphatic carbocycles. The summed E-state index contributed by atoms with van der Waals surface area (Å²) in [6.07, 6.45) is 3.22. The first-order chi connectivity index (χ1) is 12.8. The highest BCUT2D eigenvalue weighted by Crippen LogP contribution is 2.29. The molecule has 1 aliphatic rings. The van der Waals surface area contributed by atoms with E-state index in [1.165, 1.54) is 0 Å². The summed E-state index contributed by atoms with van der Waals surface area (Å²) in [6.45, 7) is 1.63. The highest BCUT2D eigenvalue weighted by Gasteiger charge is 2.26. The van der Waals surface area contributed by atoms with Gasteiger partial charge in [-0.1, -0.05) is 30.3 Å². The molecule has 5 nitrogen and oxygen atoms in total. The van der Waals surface area contributed by atoms with Crippen molar-refractivity contribution in [3.8, 4) is 6.07 Å². The van der Waals surface area contributed by atoms with E-state index in [-0.39, 0.29) is 12.6 Å². The predicted molar refractivity (Wildman–Crippen MR) is 102 cm³/mol. The normalized spacial score (nSPS) is 17.4. The molecule has 26 heavy (non-hydrogen) atoms. The Morgan fingerprint density at radius 2 is 1.92 bits per heavy atom. The number of nitrogens with zero attached hydrogens (tertiary/aromatic N) is 4. The highest BCUT2D eigenvalue weighted by atomic mass is 16.3. The average molecular weight is 346 g/mol. The highest BCUT2D eigenvalue weighted by molar-refractivity contribution is 5.79. The number of hydrogen-bond donors (Lipinski definition) is 1. The van der Waals surface area contributed by atoms with Crippen molar-refractivity contribution in [2.75, 3.05) is 18.1 Å². The van der Waals surface area contributed by atoms with Crippen molar-refractivity contribution in [1.82, 2.24) is 9.55 Å². The summed E-state index contributed by atoms with van der Waals surface area (Å²) in [5.41, 5.74) is 3.67. The van der Waals surface area contributed by atoms with Crippen molar-refractivity contribution in [2.24, 2.45) is 0 Å². The Labute approximate surface area is 153 Å². The van der Waals surface area contributed by atoms with Crippen LogP contribution in [0.4, 0.5) is 5.95 Å². The molecule has 2 heterocycles. The Kier molecular flexibility index (Phi) is 4.59. The van der Waals surface area contributed by atoms with Crippen molar-refractivity contribution < 1.29 is 5.11 Å². The van der Waals surface area contributed by atoms with Gasteiger partial charge in [-0.15, -0.1) is 0 Å². The quantitative estimate of drug-likeness (QED) is 0.787. The molecule has 1 fully saturated rings. The van der Waals surface area contributed by atoms with Gasteiger partial charge in [-0.05, 0) is 43.0 Å². The summed E-state index contributed by atoms with van der Waals surface area (Å²) in [5, 5.41) is 19.3. The Morgan fingerprint density at radius 3 is 2.77 bits per heavy atom. The van der Waals surface area contributed by atoms with Crippen LogP contribution in [0.2, 0.25) is 0 Å². The number of imidazole rings is 1. The molecule has 0 spiro atoms. The summed E-state index contributed by atoms with van der Waals surface area (Å²) >= 11 is 0. The molecule has 5 heteroatoms. The van der Waals surface area contributed by atoms with Crippen molar-refractivity contribution in [2.45, 2.75) is 31.8 Å². The standard InChI is InChI=1S/C21H22N4O/c22-13-16-7-1-2-8-17(16)14-25-20-11-4-3-10-19(20)23-21(25)24-12-6-5-9-18(24)15-26/h1-4,7-8,10-11,18,26H,5-6,9,12,14-15H2/t18-/m1/s1. The van der Waals surface area contributed by atoms with Gasteiger partial charge in [0, 0.05) is 6.54 Å². The number of rotatable bonds is 4. The van der Waals surface area contributed by atoms with Crippen LogP contribution < -0.4 is 4.90 Å². The van der Waals surface area contributed by atoms with E-state index in [4.69, 9.17) is 4.98 Å². The summed E-state index contributed by atoms with van der Waals surface area (Å²) in [7, 11) is 0. The fourth-order valence-corrected chi connectivity index (χ4v) is 3.83. The van der Waals surface area contributed by atoms with Crippen LogP contribution in [0.5, 0.6) is 0 Å². The number of para-hydroxylation sites is 2. The first kappa shape index (κ1) is 16.6. The molecule has 1 atom stereocenters. The van der Waals surface area contributed by atoms with Crippen LogP contribution in [-0.4, -0.2) is 33.9 Å². The zero-order valence-corrected chi connectivity index (χ0v) is 14.7. The number of aliphatic hydroxyl groups excluding tert-OH is 1. The predicted octanol–water partition coefficient (Wildman–Crippen LogP) is 3.31. The Morgan fingerprint density at radius 1 is 1.12 bits per heavy atom. The molecule has 0 unspecified atom stereocenters. The third-order valence-electron chi connectivity index (χ3n) is 5.20. The maximum atomic E-state index is 9.84. The molecule has 132 valence electrons. The van der Waals surface area contributed by atoms with Crippen LogP contribution >= 0.6 is 0 Å². The summed E-state index contributed by atoms with van der Waals surface area (Å²) in [5.74, 6) is 0.887. The Bertz CT molecular complexity index is 956. The largest absolute Gasteiger partial charge is 0.394 e. The number of piperidine rings is 1. The zero-order chi connectivity index (χ0) is 17.9.